The maximum atomic E-state index is 14.0. The van der Waals surface area contributed by atoms with Crippen LogP contribution in [0.15, 0.2) is 18.3 Å². The maximum Gasteiger partial charge on any atom is 0.410 e. The summed E-state index contributed by atoms with van der Waals surface area (Å²) in [6, 6.07) is 3.01. The van der Waals surface area contributed by atoms with E-state index < -0.39 is 5.60 Å². The lowest BCUT2D eigenvalue weighted by Crippen LogP contribution is -2.48. The highest BCUT2D eigenvalue weighted by molar-refractivity contribution is 5.68. The van der Waals surface area contributed by atoms with E-state index in [0.29, 0.717) is 12.2 Å². The van der Waals surface area contributed by atoms with Crippen LogP contribution >= 0.6 is 0 Å². The van der Waals surface area contributed by atoms with Crippen molar-refractivity contribution >= 4 is 6.09 Å². The number of pyridine rings is 1. The lowest BCUT2D eigenvalue weighted by Gasteiger charge is -2.43. The fourth-order valence-corrected chi connectivity index (χ4v) is 2.71. The Kier molecular flexibility index (Phi) is 4.21. The van der Waals surface area contributed by atoms with Gasteiger partial charge < -0.3 is 9.64 Å². The van der Waals surface area contributed by atoms with Gasteiger partial charge in [-0.05, 0) is 45.7 Å². The second-order valence-corrected chi connectivity index (χ2v) is 6.80. The molecule has 0 spiro atoms. The second-order valence-electron chi connectivity index (χ2n) is 6.80. The van der Waals surface area contributed by atoms with Crippen LogP contribution in [0.1, 0.15) is 45.7 Å². The SMILES string of the molecule is CN(CC1(c2ncccc2F)CCC1)C(=O)OC(C)(C)C. The number of amides is 1. The Morgan fingerprint density at radius 2 is 2.14 bits per heavy atom. The zero-order chi connectivity index (χ0) is 15.7. The molecule has 0 bridgehead atoms. The largest absolute Gasteiger partial charge is 0.444 e. The summed E-state index contributed by atoms with van der Waals surface area (Å²) in [4.78, 5) is 17.8. The quantitative estimate of drug-likeness (QED) is 0.856. The molecule has 1 aromatic heterocycles. The first-order valence-corrected chi connectivity index (χ1v) is 7.29. The molecule has 0 atom stereocenters. The predicted octanol–water partition coefficient (Wildman–Crippen LogP) is 3.51. The van der Waals surface area contributed by atoms with E-state index in [1.54, 1.807) is 19.3 Å². The minimum absolute atomic E-state index is 0.296. The number of hydrogen-bond acceptors (Lipinski definition) is 3. The van der Waals surface area contributed by atoms with Crippen LogP contribution in [0.2, 0.25) is 0 Å². The van der Waals surface area contributed by atoms with Gasteiger partial charge in [0, 0.05) is 25.2 Å². The molecule has 0 aromatic carbocycles. The van der Waals surface area contributed by atoms with Gasteiger partial charge in [-0.3, -0.25) is 4.98 Å². The van der Waals surface area contributed by atoms with Crippen molar-refractivity contribution in [1.82, 2.24) is 9.88 Å². The molecule has 1 aromatic rings. The van der Waals surface area contributed by atoms with Crippen LogP contribution in [0.5, 0.6) is 0 Å². The number of ether oxygens (including phenoxy) is 1. The highest BCUT2D eigenvalue weighted by Gasteiger charge is 2.43. The molecule has 4 nitrogen and oxygen atoms in total. The zero-order valence-electron chi connectivity index (χ0n) is 13.1. The Hall–Kier alpha value is -1.65. The highest BCUT2D eigenvalue weighted by Crippen LogP contribution is 2.44. The number of halogens is 1. The van der Waals surface area contributed by atoms with Crippen molar-refractivity contribution in [3.8, 4) is 0 Å². The number of likely N-dealkylation sites (N-methyl/N-ethyl adjacent to an activating group) is 1. The molecule has 2 rings (SSSR count). The van der Waals surface area contributed by atoms with Crippen molar-refractivity contribution in [3.05, 3.63) is 29.8 Å². The first-order chi connectivity index (χ1) is 9.73. The number of rotatable bonds is 3. The molecule has 0 radical (unpaired) electrons. The molecular formula is C16H23FN2O2. The van der Waals surface area contributed by atoms with Crippen LogP contribution in [0.4, 0.5) is 9.18 Å². The Bertz CT molecular complexity index is 521. The lowest BCUT2D eigenvalue weighted by molar-refractivity contribution is 0.0211. The van der Waals surface area contributed by atoms with Crippen LogP contribution in [0.3, 0.4) is 0 Å². The number of carbonyl (C=O) groups excluding carboxylic acids is 1. The zero-order valence-corrected chi connectivity index (χ0v) is 13.1. The van der Waals surface area contributed by atoms with Crippen molar-refractivity contribution in [2.75, 3.05) is 13.6 Å². The van der Waals surface area contributed by atoms with Crippen molar-refractivity contribution in [2.45, 2.75) is 51.0 Å². The van der Waals surface area contributed by atoms with E-state index in [1.165, 1.54) is 11.0 Å². The average Bonchev–Trinajstić information content (AvgIpc) is 2.32. The molecule has 21 heavy (non-hydrogen) atoms. The first-order valence-electron chi connectivity index (χ1n) is 7.29. The summed E-state index contributed by atoms with van der Waals surface area (Å²) in [5.41, 5.74) is -0.447. The Morgan fingerprint density at radius 1 is 1.48 bits per heavy atom. The molecule has 1 amide bonds. The van der Waals surface area contributed by atoms with Gasteiger partial charge in [0.15, 0.2) is 0 Å². The molecule has 1 aliphatic carbocycles. The molecule has 0 N–H and O–H groups in total. The van der Waals surface area contributed by atoms with E-state index in [-0.39, 0.29) is 17.3 Å². The topological polar surface area (TPSA) is 42.4 Å². The van der Waals surface area contributed by atoms with E-state index in [1.807, 2.05) is 20.8 Å². The summed E-state index contributed by atoms with van der Waals surface area (Å²) in [7, 11) is 1.69. The van der Waals surface area contributed by atoms with Gasteiger partial charge in [-0.1, -0.05) is 6.42 Å². The molecule has 1 heterocycles. The molecule has 1 aliphatic rings. The summed E-state index contributed by atoms with van der Waals surface area (Å²) in [5.74, 6) is -0.296. The third kappa shape index (κ3) is 3.52. The Morgan fingerprint density at radius 3 is 2.62 bits per heavy atom. The monoisotopic (exact) mass is 294 g/mol. The third-order valence-corrected chi connectivity index (χ3v) is 3.82. The molecule has 1 saturated carbocycles. The van der Waals surface area contributed by atoms with Gasteiger partial charge >= 0.3 is 6.09 Å². The van der Waals surface area contributed by atoms with Gasteiger partial charge in [0.1, 0.15) is 11.4 Å². The third-order valence-electron chi connectivity index (χ3n) is 3.82. The molecule has 0 aliphatic heterocycles. The van der Waals surface area contributed by atoms with Gasteiger partial charge in [-0.2, -0.15) is 0 Å². The summed E-state index contributed by atoms with van der Waals surface area (Å²) in [5, 5.41) is 0. The minimum Gasteiger partial charge on any atom is -0.444 e. The van der Waals surface area contributed by atoms with Crippen LogP contribution in [0, 0.1) is 5.82 Å². The average molecular weight is 294 g/mol. The smallest absolute Gasteiger partial charge is 0.410 e. The van der Waals surface area contributed by atoms with Crippen molar-refractivity contribution in [3.63, 3.8) is 0 Å². The highest BCUT2D eigenvalue weighted by atomic mass is 19.1. The summed E-state index contributed by atoms with van der Waals surface area (Å²) in [6.07, 6.45) is 3.93. The van der Waals surface area contributed by atoms with Crippen LogP contribution in [0.25, 0.3) is 0 Å². The molecular weight excluding hydrogens is 271 g/mol. The molecule has 116 valence electrons. The van der Waals surface area contributed by atoms with E-state index in [4.69, 9.17) is 4.74 Å². The minimum atomic E-state index is -0.533. The summed E-state index contributed by atoms with van der Waals surface area (Å²) >= 11 is 0. The fraction of sp³-hybridized carbons (Fsp3) is 0.625. The van der Waals surface area contributed by atoms with E-state index >= 15 is 0 Å². The van der Waals surface area contributed by atoms with Gasteiger partial charge in [-0.25, -0.2) is 9.18 Å². The second kappa shape index (κ2) is 5.62. The number of hydrogen-bond donors (Lipinski definition) is 0. The number of nitrogens with zero attached hydrogens (tertiary/aromatic N) is 2. The van der Waals surface area contributed by atoms with Crippen molar-refractivity contribution < 1.29 is 13.9 Å². The maximum absolute atomic E-state index is 14.0. The number of aromatic nitrogens is 1. The van der Waals surface area contributed by atoms with Crippen molar-refractivity contribution in [2.24, 2.45) is 0 Å². The van der Waals surface area contributed by atoms with Crippen molar-refractivity contribution in [1.29, 1.82) is 0 Å². The van der Waals surface area contributed by atoms with E-state index in [9.17, 15) is 9.18 Å². The standard InChI is InChI=1S/C16H23FN2O2/c1-15(2,3)21-14(20)19(4)11-16(8-6-9-16)13-12(17)7-5-10-18-13/h5,7,10H,6,8-9,11H2,1-4H3. The van der Waals surface area contributed by atoms with Gasteiger partial charge in [0.05, 0.1) is 5.69 Å². The molecule has 0 unspecified atom stereocenters. The lowest BCUT2D eigenvalue weighted by atomic mass is 9.66. The van der Waals surface area contributed by atoms with Crippen LogP contribution in [-0.2, 0) is 10.2 Å². The van der Waals surface area contributed by atoms with E-state index in [2.05, 4.69) is 4.98 Å². The number of carbonyl (C=O) groups is 1. The van der Waals surface area contributed by atoms with Gasteiger partial charge in [0.2, 0.25) is 0 Å². The van der Waals surface area contributed by atoms with Crippen LogP contribution in [-0.4, -0.2) is 35.2 Å². The first kappa shape index (κ1) is 15.7. The Labute approximate surface area is 125 Å². The predicted molar refractivity (Wildman–Crippen MR) is 78.6 cm³/mol. The Balaban J connectivity index is 2.12. The van der Waals surface area contributed by atoms with Gasteiger partial charge in [0.25, 0.3) is 0 Å². The normalized spacial score (nSPS) is 17.0. The summed E-state index contributed by atoms with van der Waals surface area (Å²) < 4.78 is 19.4. The molecule has 1 fully saturated rings. The summed E-state index contributed by atoms with van der Waals surface area (Å²) in [6.45, 7) is 5.92. The molecule has 0 saturated heterocycles. The van der Waals surface area contributed by atoms with E-state index in [0.717, 1.165) is 19.3 Å². The van der Waals surface area contributed by atoms with Gasteiger partial charge in [-0.15, -0.1) is 0 Å². The fourth-order valence-electron chi connectivity index (χ4n) is 2.71. The molecule has 5 heteroatoms. The van der Waals surface area contributed by atoms with Crippen LogP contribution < -0.4 is 0 Å².